The minimum absolute atomic E-state index is 0.414. The number of anilines is 1. The maximum absolute atomic E-state index is 9.89. The molecule has 0 aliphatic heterocycles. The first-order valence-corrected chi connectivity index (χ1v) is 4.16. The molecular weight excluding hydrogens is 182 g/mol. The molecular formula is C10H11NO3. The van der Waals surface area contributed by atoms with Crippen LogP contribution in [0.2, 0.25) is 0 Å². The van der Waals surface area contributed by atoms with Gasteiger partial charge in [-0.3, -0.25) is 0 Å². The Balaban J connectivity index is 2.83. The molecule has 14 heavy (non-hydrogen) atoms. The van der Waals surface area contributed by atoms with Gasteiger partial charge in [0.05, 0.1) is 12.3 Å². The van der Waals surface area contributed by atoms with Crippen LogP contribution in [0.25, 0.3) is 0 Å². The standard InChI is InChI=1S/C10H11NO3/c1-2-13-8-3-4-10(9(11)7-8)14-6-5-12/h3-4,6-7H,2,11H2,1H3. The van der Waals surface area contributed by atoms with E-state index in [1.54, 1.807) is 18.2 Å². The summed E-state index contributed by atoms with van der Waals surface area (Å²) in [5, 5.41) is 0. The average molecular weight is 193 g/mol. The van der Waals surface area contributed by atoms with Gasteiger partial charge in [-0.15, -0.1) is 0 Å². The Kier molecular flexibility index (Phi) is 3.58. The molecule has 0 radical (unpaired) electrons. The molecule has 0 bridgehead atoms. The second kappa shape index (κ2) is 4.94. The van der Waals surface area contributed by atoms with Crippen molar-refractivity contribution in [3.8, 4) is 11.5 Å². The Morgan fingerprint density at radius 2 is 2.36 bits per heavy atom. The Hall–Kier alpha value is -1.93. The van der Waals surface area contributed by atoms with E-state index in [4.69, 9.17) is 15.2 Å². The molecule has 0 aliphatic rings. The van der Waals surface area contributed by atoms with E-state index in [0.29, 0.717) is 23.8 Å². The molecule has 74 valence electrons. The van der Waals surface area contributed by atoms with E-state index in [1.807, 2.05) is 6.92 Å². The fourth-order valence-electron chi connectivity index (χ4n) is 0.978. The number of hydrogen-bond acceptors (Lipinski definition) is 4. The zero-order valence-corrected chi connectivity index (χ0v) is 7.82. The molecule has 1 aromatic carbocycles. The fourth-order valence-corrected chi connectivity index (χ4v) is 0.978. The second-order valence-corrected chi connectivity index (χ2v) is 2.49. The molecule has 0 amide bonds. The number of rotatable bonds is 4. The number of hydrogen-bond donors (Lipinski definition) is 1. The van der Waals surface area contributed by atoms with Gasteiger partial charge in [-0.1, -0.05) is 0 Å². The smallest absolute Gasteiger partial charge is 0.174 e. The molecule has 1 aromatic rings. The molecule has 4 heteroatoms. The first-order valence-electron chi connectivity index (χ1n) is 4.16. The summed E-state index contributed by atoms with van der Waals surface area (Å²) in [6, 6.07) is 4.99. The third-order valence-corrected chi connectivity index (χ3v) is 1.53. The van der Waals surface area contributed by atoms with Gasteiger partial charge >= 0.3 is 0 Å². The number of carbonyl (C=O) groups excluding carboxylic acids is 1. The van der Waals surface area contributed by atoms with Crippen LogP contribution in [0.3, 0.4) is 0 Å². The van der Waals surface area contributed by atoms with E-state index in [2.05, 4.69) is 0 Å². The molecule has 0 unspecified atom stereocenters. The van der Waals surface area contributed by atoms with Crippen LogP contribution < -0.4 is 15.2 Å². The van der Waals surface area contributed by atoms with Crippen LogP contribution in [-0.4, -0.2) is 12.5 Å². The van der Waals surface area contributed by atoms with Crippen LogP contribution in [0.4, 0.5) is 5.69 Å². The van der Waals surface area contributed by atoms with Gasteiger partial charge in [-0.05, 0) is 19.1 Å². The van der Waals surface area contributed by atoms with E-state index >= 15 is 0 Å². The Bertz CT molecular complexity index is 356. The van der Waals surface area contributed by atoms with E-state index in [9.17, 15) is 4.79 Å². The first kappa shape index (κ1) is 10.2. The van der Waals surface area contributed by atoms with Crippen molar-refractivity contribution in [2.24, 2.45) is 0 Å². The third kappa shape index (κ3) is 2.54. The Morgan fingerprint density at radius 3 is 2.93 bits per heavy atom. The quantitative estimate of drug-likeness (QED) is 0.446. The van der Waals surface area contributed by atoms with Crippen LogP contribution in [0.5, 0.6) is 11.5 Å². The van der Waals surface area contributed by atoms with Crippen molar-refractivity contribution in [2.75, 3.05) is 12.3 Å². The molecule has 0 saturated heterocycles. The highest BCUT2D eigenvalue weighted by Gasteiger charge is 2.01. The highest BCUT2D eigenvalue weighted by Crippen LogP contribution is 2.26. The second-order valence-electron chi connectivity index (χ2n) is 2.49. The van der Waals surface area contributed by atoms with E-state index in [1.165, 1.54) is 5.94 Å². The number of ether oxygens (including phenoxy) is 2. The summed E-state index contributed by atoms with van der Waals surface area (Å²) in [5.41, 5.74) is 6.06. The molecule has 0 heterocycles. The van der Waals surface area contributed by atoms with Crippen molar-refractivity contribution >= 4 is 11.6 Å². The molecule has 1 rings (SSSR count). The van der Waals surface area contributed by atoms with Crippen LogP contribution in [0.15, 0.2) is 24.5 Å². The highest BCUT2D eigenvalue weighted by molar-refractivity contribution is 5.57. The molecule has 0 saturated carbocycles. The van der Waals surface area contributed by atoms with Crippen LogP contribution in [0, 0.1) is 0 Å². The molecule has 0 spiro atoms. The number of nitrogens with two attached hydrogens (primary N) is 1. The van der Waals surface area contributed by atoms with Gasteiger partial charge in [0.2, 0.25) is 0 Å². The number of benzene rings is 1. The molecule has 4 nitrogen and oxygen atoms in total. The van der Waals surface area contributed by atoms with Gasteiger partial charge in [0.1, 0.15) is 5.75 Å². The molecule has 0 atom stereocenters. The molecule has 0 aliphatic carbocycles. The minimum atomic E-state index is 0.414. The normalized spacial score (nSPS) is 8.93. The summed E-state index contributed by atoms with van der Waals surface area (Å²) < 4.78 is 10.1. The van der Waals surface area contributed by atoms with Crippen LogP contribution in [-0.2, 0) is 4.79 Å². The van der Waals surface area contributed by atoms with E-state index < -0.39 is 0 Å². The lowest BCUT2D eigenvalue weighted by Gasteiger charge is -2.06. The number of nitrogen functional groups attached to an aromatic ring is 1. The zero-order valence-electron chi connectivity index (χ0n) is 7.82. The third-order valence-electron chi connectivity index (χ3n) is 1.53. The van der Waals surface area contributed by atoms with Gasteiger partial charge in [0, 0.05) is 6.07 Å². The SMILES string of the molecule is CCOc1ccc(OC=C=O)c(N)c1. The van der Waals surface area contributed by atoms with Gasteiger partial charge in [-0.25, -0.2) is 4.79 Å². The maximum atomic E-state index is 9.89. The molecule has 0 fully saturated rings. The van der Waals surface area contributed by atoms with Crippen molar-refractivity contribution in [3.63, 3.8) is 0 Å². The molecule has 2 N–H and O–H groups in total. The predicted octanol–water partition coefficient (Wildman–Crippen LogP) is 1.39. The fraction of sp³-hybridized carbons (Fsp3) is 0.200. The topological polar surface area (TPSA) is 61.5 Å². The summed E-state index contributed by atoms with van der Waals surface area (Å²) in [6.07, 6.45) is 0.909. The lowest BCUT2D eigenvalue weighted by atomic mass is 10.3. The van der Waals surface area contributed by atoms with Crippen molar-refractivity contribution in [1.82, 2.24) is 0 Å². The largest absolute Gasteiger partial charge is 0.494 e. The van der Waals surface area contributed by atoms with Gasteiger partial charge < -0.3 is 15.2 Å². The van der Waals surface area contributed by atoms with Crippen LogP contribution in [0.1, 0.15) is 6.92 Å². The zero-order chi connectivity index (χ0) is 10.4. The van der Waals surface area contributed by atoms with Crippen molar-refractivity contribution in [1.29, 1.82) is 0 Å². The van der Waals surface area contributed by atoms with Gasteiger partial charge in [0.25, 0.3) is 0 Å². The van der Waals surface area contributed by atoms with Crippen molar-refractivity contribution < 1.29 is 14.3 Å². The summed E-state index contributed by atoms with van der Waals surface area (Å²) >= 11 is 0. The Labute approximate surface area is 81.9 Å². The lowest BCUT2D eigenvalue weighted by Crippen LogP contribution is -1.95. The van der Waals surface area contributed by atoms with E-state index in [-0.39, 0.29) is 0 Å². The lowest BCUT2D eigenvalue weighted by molar-refractivity contribution is 0.340. The molecule has 0 aromatic heterocycles. The maximum Gasteiger partial charge on any atom is 0.174 e. The summed E-state index contributed by atoms with van der Waals surface area (Å²) in [7, 11) is 0. The van der Waals surface area contributed by atoms with Crippen molar-refractivity contribution in [3.05, 3.63) is 24.5 Å². The summed E-state index contributed by atoms with van der Waals surface area (Å²) in [5.74, 6) is 2.59. The van der Waals surface area contributed by atoms with Gasteiger partial charge in [0.15, 0.2) is 18.0 Å². The highest BCUT2D eigenvalue weighted by atomic mass is 16.5. The van der Waals surface area contributed by atoms with Gasteiger partial charge in [-0.2, -0.15) is 0 Å². The Morgan fingerprint density at radius 1 is 1.57 bits per heavy atom. The first-order chi connectivity index (χ1) is 6.77. The minimum Gasteiger partial charge on any atom is -0.494 e. The monoisotopic (exact) mass is 193 g/mol. The predicted molar refractivity (Wildman–Crippen MR) is 52.9 cm³/mol. The van der Waals surface area contributed by atoms with Crippen LogP contribution >= 0.6 is 0 Å². The summed E-state index contributed by atoms with van der Waals surface area (Å²) in [4.78, 5) is 9.89. The average Bonchev–Trinajstić information content (AvgIpc) is 2.17. The van der Waals surface area contributed by atoms with E-state index in [0.717, 1.165) is 6.26 Å². The van der Waals surface area contributed by atoms with Crippen molar-refractivity contribution in [2.45, 2.75) is 6.92 Å². The summed E-state index contributed by atoms with van der Waals surface area (Å²) in [6.45, 7) is 2.46.